The lowest BCUT2D eigenvalue weighted by Gasteiger charge is -2.24. The van der Waals surface area contributed by atoms with E-state index in [-0.39, 0.29) is 15.0 Å². The van der Waals surface area contributed by atoms with Gasteiger partial charge in [-0.2, -0.15) is 17.5 Å². The molecule has 0 amide bonds. The molecule has 5 nitrogen and oxygen atoms in total. The number of aliphatic hydroxyl groups is 1. The summed E-state index contributed by atoms with van der Waals surface area (Å²) in [4.78, 5) is -0.258. The zero-order chi connectivity index (χ0) is 17.8. The molecule has 3 atom stereocenters. The summed E-state index contributed by atoms with van der Waals surface area (Å²) < 4.78 is 70.9. The van der Waals surface area contributed by atoms with Crippen LogP contribution >= 0.6 is 0 Å². The van der Waals surface area contributed by atoms with Gasteiger partial charge in [0.05, 0.1) is 11.2 Å². The molecule has 1 aliphatic heterocycles. The van der Waals surface area contributed by atoms with Crippen molar-refractivity contribution in [2.24, 2.45) is 0 Å². The molecule has 24 heavy (non-hydrogen) atoms. The summed E-state index contributed by atoms with van der Waals surface area (Å²) in [6.07, 6.45) is -5.99. The SMILES string of the molecule is Cc1ccc(S(=O)(=O)N2C[C@]2(C(O)c2ccco2)C(F)(F)F)cc1. The lowest BCUT2D eigenvalue weighted by Crippen LogP contribution is -2.43. The number of furan rings is 1. The molecule has 0 radical (unpaired) electrons. The Bertz CT molecular complexity index is 831. The van der Waals surface area contributed by atoms with Crippen molar-refractivity contribution in [2.75, 3.05) is 6.54 Å². The molecule has 1 aromatic carbocycles. The van der Waals surface area contributed by atoms with Gasteiger partial charge in [0.2, 0.25) is 10.0 Å². The van der Waals surface area contributed by atoms with E-state index in [1.165, 1.54) is 36.4 Å². The number of alkyl halides is 3. The highest BCUT2D eigenvalue weighted by atomic mass is 32.2. The van der Waals surface area contributed by atoms with Crippen molar-refractivity contribution in [1.82, 2.24) is 4.31 Å². The second-order valence-corrected chi connectivity index (χ2v) is 7.53. The Morgan fingerprint density at radius 1 is 1.25 bits per heavy atom. The van der Waals surface area contributed by atoms with Crippen LogP contribution in [0.1, 0.15) is 17.4 Å². The molecule has 2 aromatic rings. The second kappa shape index (κ2) is 5.33. The van der Waals surface area contributed by atoms with Gasteiger partial charge >= 0.3 is 6.18 Å². The third-order valence-electron chi connectivity index (χ3n) is 4.09. The van der Waals surface area contributed by atoms with Crippen LogP contribution in [-0.2, 0) is 10.0 Å². The third kappa shape index (κ3) is 2.43. The zero-order valence-corrected chi connectivity index (χ0v) is 13.3. The summed E-state index contributed by atoms with van der Waals surface area (Å²) >= 11 is 0. The van der Waals surface area contributed by atoms with Crippen molar-refractivity contribution in [3.05, 3.63) is 54.0 Å². The monoisotopic (exact) mass is 361 g/mol. The van der Waals surface area contributed by atoms with Gasteiger partial charge in [0.25, 0.3) is 0 Å². The number of aliphatic hydroxyl groups excluding tert-OH is 1. The fourth-order valence-electron chi connectivity index (χ4n) is 2.61. The van der Waals surface area contributed by atoms with Gasteiger partial charge in [-0.15, -0.1) is 0 Å². The summed E-state index contributed by atoms with van der Waals surface area (Å²) in [5, 5.41) is 10.1. The van der Waals surface area contributed by atoms with E-state index < -0.39 is 34.4 Å². The molecule has 1 saturated heterocycles. The predicted molar refractivity (Wildman–Crippen MR) is 77.5 cm³/mol. The molecule has 1 aromatic heterocycles. The van der Waals surface area contributed by atoms with Crippen LogP contribution in [0.5, 0.6) is 0 Å². The highest BCUT2D eigenvalue weighted by Crippen LogP contribution is 2.56. The Kier molecular flexibility index (Phi) is 3.78. The number of benzene rings is 1. The number of nitrogens with zero attached hydrogens (tertiary/aromatic N) is 1. The summed E-state index contributed by atoms with van der Waals surface area (Å²) in [6.45, 7) is 0.864. The minimum absolute atomic E-state index is 0.258. The molecule has 2 heterocycles. The molecule has 3 rings (SSSR count). The molecule has 1 N–H and O–H groups in total. The number of hydrogen-bond donors (Lipinski definition) is 1. The minimum Gasteiger partial charge on any atom is -0.467 e. The normalized spacial score (nSPS) is 25.5. The maximum atomic E-state index is 13.6. The first-order chi connectivity index (χ1) is 11.1. The molecule has 0 bridgehead atoms. The lowest BCUT2D eigenvalue weighted by molar-refractivity contribution is -0.192. The first-order valence-corrected chi connectivity index (χ1v) is 8.42. The van der Waals surface area contributed by atoms with Crippen LogP contribution < -0.4 is 0 Å². The number of hydrogen-bond acceptors (Lipinski definition) is 4. The van der Waals surface area contributed by atoms with Crippen molar-refractivity contribution in [1.29, 1.82) is 0 Å². The van der Waals surface area contributed by atoms with Gasteiger partial charge in [-0.3, -0.25) is 0 Å². The summed E-state index contributed by atoms with van der Waals surface area (Å²) in [5.41, 5.74) is -2.15. The molecule has 1 fully saturated rings. The van der Waals surface area contributed by atoms with Gasteiger partial charge in [-0.05, 0) is 31.2 Å². The van der Waals surface area contributed by atoms with Crippen LogP contribution in [0.25, 0.3) is 0 Å². The molecule has 1 aliphatic rings. The molecule has 0 spiro atoms. The smallest absolute Gasteiger partial charge is 0.412 e. The average Bonchev–Trinajstić information content (AvgIpc) is 3.08. The first kappa shape index (κ1) is 17.0. The van der Waals surface area contributed by atoms with Crippen LogP contribution in [0.4, 0.5) is 13.2 Å². The fourth-order valence-corrected chi connectivity index (χ4v) is 4.35. The van der Waals surface area contributed by atoms with Crippen LogP contribution in [0.2, 0.25) is 0 Å². The molecule has 130 valence electrons. The van der Waals surface area contributed by atoms with Crippen LogP contribution in [0.15, 0.2) is 52.0 Å². The zero-order valence-electron chi connectivity index (χ0n) is 12.5. The second-order valence-electron chi connectivity index (χ2n) is 5.66. The molecule has 0 saturated carbocycles. The topological polar surface area (TPSA) is 70.5 Å². The maximum Gasteiger partial charge on any atom is 0.412 e. The quantitative estimate of drug-likeness (QED) is 0.850. The van der Waals surface area contributed by atoms with E-state index in [0.29, 0.717) is 0 Å². The Labute approximate surface area is 136 Å². The van der Waals surface area contributed by atoms with E-state index in [9.17, 15) is 26.7 Å². The molecule has 2 unspecified atom stereocenters. The third-order valence-corrected chi connectivity index (χ3v) is 5.99. The van der Waals surface area contributed by atoms with Crippen molar-refractivity contribution in [2.45, 2.75) is 29.6 Å². The predicted octanol–water partition coefficient (Wildman–Crippen LogP) is 2.63. The van der Waals surface area contributed by atoms with Gasteiger partial charge in [-0.1, -0.05) is 17.7 Å². The maximum absolute atomic E-state index is 13.6. The van der Waals surface area contributed by atoms with Gasteiger partial charge in [0.1, 0.15) is 11.9 Å². The van der Waals surface area contributed by atoms with Gasteiger partial charge in [-0.25, -0.2) is 8.42 Å². The molecule has 9 heteroatoms. The van der Waals surface area contributed by atoms with Crippen LogP contribution in [0.3, 0.4) is 0 Å². The summed E-state index contributed by atoms with van der Waals surface area (Å²) in [5.74, 6) is -0.339. The van der Waals surface area contributed by atoms with Crippen molar-refractivity contribution >= 4 is 10.0 Å². The summed E-state index contributed by atoms with van der Waals surface area (Å²) in [6, 6.07) is 7.97. The molecule has 0 aliphatic carbocycles. The Balaban J connectivity index is 2.02. The Hall–Kier alpha value is -1.84. The number of rotatable bonds is 4. The lowest BCUT2D eigenvalue weighted by atomic mass is 10.00. The number of sulfonamides is 1. The highest BCUT2D eigenvalue weighted by Gasteiger charge is 2.78. The number of aryl methyl sites for hydroxylation is 1. The molecular formula is C15H14F3NO4S. The van der Waals surface area contributed by atoms with Crippen molar-refractivity contribution in [3.63, 3.8) is 0 Å². The van der Waals surface area contributed by atoms with E-state index in [2.05, 4.69) is 0 Å². The Morgan fingerprint density at radius 2 is 1.88 bits per heavy atom. The number of halogens is 3. The van der Waals surface area contributed by atoms with Crippen LogP contribution in [-0.4, -0.2) is 36.1 Å². The van der Waals surface area contributed by atoms with Crippen molar-refractivity contribution in [3.8, 4) is 0 Å². The average molecular weight is 361 g/mol. The largest absolute Gasteiger partial charge is 0.467 e. The Morgan fingerprint density at radius 3 is 2.38 bits per heavy atom. The highest BCUT2D eigenvalue weighted by molar-refractivity contribution is 7.89. The first-order valence-electron chi connectivity index (χ1n) is 6.98. The van der Waals surface area contributed by atoms with Crippen LogP contribution in [0, 0.1) is 6.92 Å². The standard InChI is InChI=1S/C15H14F3NO4S/c1-10-4-6-11(7-5-10)24(21,22)19-9-14(19,15(16,17)18)13(20)12-3-2-8-23-12/h2-8,13,20H,9H2,1H3/t13?,14-,19?/m0/s1. The summed E-state index contributed by atoms with van der Waals surface area (Å²) in [7, 11) is -4.40. The minimum atomic E-state index is -4.96. The van der Waals surface area contributed by atoms with Gasteiger partial charge in [0, 0.05) is 6.54 Å². The van der Waals surface area contributed by atoms with Gasteiger partial charge in [0.15, 0.2) is 5.54 Å². The van der Waals surface area contributed by atoms with Crippen molar-refractivity contribution < 1.29 is 31.1 Å². The van der Waals surface area contributed by atoms with E-state index >= 15 is 0 Å². The fraction of sp³-hybridized carbons (Fsp3) is 0.333. The van der Waals surface area contributed by atoms with Gasteiger partial charge < -0.3 is 9.52 Å². The van der Waals surface area contributed by atoms with E-state index in [0.717, 1.165) is 11.8 Å². The van der Waals surface area contributed by atoms with E-state index in [4.69, 9.17) is 4.42 Å². The molecular weight excluding hydrogens is 347 g/mol. The van der Waals surface area contributed by atoms with E-state index in [1.54, 1.807) is 6.92 Å². The van der Waals surface area contributed by atoms with E-state index in [1.807, 2.05) is 0 Å².